The van der Waals surface area contributed by atoms with Crippen LogP contribution in [0, 0.1) is 5.41 Å². The van der Waals surface area contributed by atoms with Crippen LogP contribution in [0.2, 0.25) is 10.0 Å². The number of carbonyl (C=O) groups is 3. The molecule has 1 fully saturated rings. The van der Waals surface area contributed by atoms with Gasteiger partial charge in [-0.1, -0.05) is 35.3 Å². The van der Waals surface area contributed by atoms with Gasteiger partial charge in [0, 0.05) is 41.5 Å². The molecule has 0 bridgehead atoms. The van der Waals surface area contributed by atoms with Crippen LogP contribution in [0.1, 0.15) is 52.5 Å². The molecule has 1 aliphatic heterocycles. The molecule has 12 heteroatoms. The lowest BCUT2D eigenvalue weighted by Gasteiger charge is -2.29. The van der Waals surface area contributed by atoms with E-state index in [9.17, 15) is 14.4 Å². The first-order valence-corrected chi connectivity index (χ1v) is 13.8. The Morgan fingerprint density at radius 1 is 0.927 bits per heavy atom. The van der Waals surface area contributed by atoms with Gasteiger partial charge in [0.15, 0.2) is 6.61 Å². The number of nitrogens with zero attached hydrogens (tertiary/aromatic N) is 2. The van der Waals surface area contributed by atoms with Gasteiger partial charge in [0.25, 0.3) is 11.8 Å². The Labute approximate surface area is 247 Å². The number of anilines is 2. The third kappa shape index (κ3) is 7.96. The summed E-state index contributed by atoms with van der Waals surface area (Å²) >= 11 is 12.2. The molecule has 2 heterocycles. The quantitative estimate of drug-likeness (QED) is 0.165. The number of likely N-dealkylation sites (tertiary alicyclic amines) is 1. The van der Waals surface area contributed by atoms with Crippen molar-refractivity contribution >= 4 is 58.3 Å². The molecule has 0 saturated carbocycles. The van der Waals surface area contributed by atoms with Gasteiger partial charge in [-0.2, -0.15) is 0 Å². The molecule has 0 unspecified atom stereocenters. The summed E-state index contributed by atoms with van der Waals surface area (Å²) in [5.41, 5.74) is 0.964. The Kier molecular flexibility index (Phi) is 10.2. The predicted octanol–water partition coefficient (Wildman–Crippen LogP) is 5.65. The van der Waals surface area contributed by atoms with Crippen LogP contribution in [0.25, 0.3) is 0 Å². The number of rotatable bonds is 9. The zero-order valence-electron chi connectivity index (χ0n) is 22.3. The van der Waals surface area contributed by atoms with Crippen molar-refractivity contribution in [3.63, 3.8) is 0 Å². The Balaban J connectivity index is 1.60. The maximum Gasteiger partial charge on any atom is 0.344 e. The average molecular weight is 598 g/mol. The standard InChI is InChI=1S/C29H29Cl2N5O5/c1-2-40-25(37)17-41-23-15-21(31)14-22(29(39)34-24-11-10-20(30)16-33-24)26(23)35-28(38)19-8-6-18(7-9-19)27(32)36-12-4-3-5-13-36/h6-11,14-16,32H,2-5,12-13,17H2,1H3,(H,35,38)(H,33,34,39). The van der Waals surface area contributed by atoms with Crippen LogP contribution in [-0.2, 0) is 9.53 Å². The lowest BCUT2D eigenvalue weighted by atomic mass is 10.1. The Hall–Kier alpha value is -4.15. The first-order valence-electron chi connectivity index (χ1n) is 13.0. The SMILES string of the molecule is CCOC(=O)COc1cc(Cl)cc(C(=O)Nc2ccc(Cl)cn2)c1NC(=O)c1ccc(C(=N)N2CCCCC2)cc1. The molecule has 0 radical (unpaired) electrons. The molecule has 1 aliphatic rings. The van der Waals surface area contributed by atoms with E-state index in [4.69, 9.17) is 38.1 Å². The van der Waals surface area contributed by atoms with Crippen molar-refractivity contribution in [3.05, 3.63) is 81.5 Å². The van der Waals surface area contributed by atoms with E-state index in [0.29, 0.717) is 16.4 Å². The summed E-state index contributed by atoms with van der Waals surface area (Å²) in [4.78, 5) is 44.7. The molecule has 3 N–H and O–H groups in total. The minimum absolute atomic E-state index is 0.000276. The minimum Gasteiger partial charge on any atom is -0.480 e. The number of ether oxygens (including phenoxy) is 2. The molecule has 214 valence electrons. The highest BCUT2D eigenvalue weighted by Crippen LogP contribution is 2.34. The highest BCUT2D eigenvalue weighted by molar-refractivity contribution is 6.32. The van der Waals surface area contributed by atoms with Gasteiger partial charge in [0.05, 0.1) is 22.9 Å². The van der Waals surface area contributed by atoms with E-state index >= 15 is 0 Å². The Morgan fingerprint density at radius 2 is 1.63 bits per heavy atom. The van der Waals surface area contributed by atoms with Gasteiger partial charge in [-0.15, -0.1) is 0 Å². The molecule has 1 aromatic heterocycles. The van der Waals surface area contributed by atoms with Gasteiger partial charge in [-0.05, 0) is 56.5 Å². The van der Waals surface area contributed by atoms with Crippen molar-refractivity contribution < 1.29 is 23.9 Å². The number of carbonyl (C=O) groups excluding carboxylic acids is 3. The van der Waals surface area contributed by atoms with E-state index in [0.717, 1.165) is 32.4 Å². The normalized spacial score (nSPS) is 12.8. The fourth-order valence-corrected chi connectivity index (χ4v) is 4.56. The third-order valence-electron chi connectivity index (χ3n) is 6.26. The van der Waals surface area contributed by atoms with Gasteiger partial charge in [-0.25, -0.2) is 9.78 Å². The summed E-state index contributed by atoms with van der Waals surface area (Å²) in [5, 5.41) is 14.4. The smallest absolute Gasteiger partial charge is 0.344 e. The fourth-order valence-electron chi connectivity index (χ4n) is 4.24. The van der Waals surface area contributed by atoms with Crippen LogP contribution >= 0.6 is 23.2 Å². The van der Waals surface area contributed by atoms with E-state index in [2.05, 4.69) is 15.6 Å². The lowest BCUT2D eigenvalue weighted by Crippen LogP contribution is -2.35. The van der Waals surface area contributed by atoms with Crippen molar-refractivity contribution in [1.29, 1.82) is 5.41 Å². The number of benzene rings is 2. The van der Waals surface area contributed by atoms with E-state index in [1.54, 1.807) is 37.3 Å². The van der Waals surface area contributed by atoms with E-state index in [1.807, 2.05) is 4.90 Å². The molecule has 2 aromatic carbocycles. The summed E-state index contributed by atoms with van der Waals surface area (Å²) in [7, 11) is 0. The van der Waals surface area contributed by atoms with Crippen LogP contribution < -0.4 is 15.4 Å². The van der Waals surface area contributed by atoms with Crippen LogP contribution in [-0.4, -0.2) is 59.8 Å². The molecule has 0 atom stereocenters. The number of piperidine rings is 1. The zero-order valence-corrected chi connectivity index (χ0v) is 23.8. The number of nitrogens with one attached hydrogen (secondary N) is 3. The topological polar surface area (TPSA) is 134 Å². The summed E-state index contributed by atoms with van der Waals surface area (Å²) < 4.78 is 10.5. The molecule has 2 amide bonds. The van der Waals surface area contributed by atoms with Crippen molar-refractivity contribution in [2.45, 2.75) is 26.2 Å². The van der Waals surface area contributed by atoms with Gasteiger partial charge >= 0.3 is 5.97 Å². The maximum atomic E-state index is 13.3. The van der Waals surface area contributed by atoms with E-state index in [1.165, 1.54) is 24.4 Å². The first kappa shape index (κ1) is 29.8. The van der Waals surface area contributed by atoms with Crippen molar-refractivity contribution in [1.82, 2.24) is 9.88 Å². The molecule has 4 rings (SSSR count). The first-order chi connectivity index (χ1) is 19.7. The predicted molar refractivity (Wildman–Crippen MR) is 157 cm³/mol. The Morgan fingerprint density at radius 3 is 2.29 bits per heavy atom. The summed E-state index contributed by atoms with van der Waals surface area (Å²) in [6.07, 6.45) is 4.64. The second-order valence-electron chi connectivity index (χ2n) is 9.16. The highest BCUT2D eigenvalue weighted by Gasteiger charge is 2.22. The number of hydrogen-bond acceptors (Lipinski definition) is 7. The molecule has 1 saturated heterocycles. The summed E-state index contributed by atoms with van der Waals surface area (Å²) in [6, 6.07) is 12.5. The number of amides is 2. The monoisotopic (exact) mass is 597 g/mol. The molecule has 10 nitrogen and oxygen atoms in total. The maximum absolute atomic E-state index is 13.3. The van der Waals surface area contributed by atoms with Gasteiger partial charge < -0.3 is 25.0 Å². The van der Waals surface area contributed by atoms with Crippen molar-refractivity contribution in [2.24, 2.45) is 0 Å². The van der Waals surface area contributed by atoms with Crippen LogP contribution in [0.5, 0.6) is 5.75 Å². The van der Waals surface area contributed by atoms with Gasteiger partial charge in [0.1, 0.15) is 17.4 Å². The fraction of sp³-hybridized carbons (Fsp3) is 0.276. The number of halogens is 2. The number of aromatic nitrogens is 1. The van der Waals surface area contributed by atoms with Crippen LogP contribution in [0.4, 0.5) is 11.5 Å². The van der Waals surface area contributed by atoms with Crippen LogP contribution in [0.3, 0.4) is 0 Å². The molecule has 41 heavy (non-hydrogen) atoms. The molecule has 0 spiro atoms. The number of hydrogen-bond donors (Lipinski definition) is 3. The average Bonchev–Trinajstić information content (AvgIpc) is 2.98. The van der Waals surface area contributed by atoms with Gasteiger partial charge in [-0.3, -0.25) is 15.0 Å². The third-order valence-corrected chi connectivity index (χ3v) is 6.70. The highest BCUT2D eigenvalue weighted by atomic mass is 35.5. The zero-order chi connectivity index (χ0) is 29.4. The molecular formula is C29H29Cl2N5O5. The minimum atomic E-state index is -0.635. The Bertz CT molecular complexity index is 1420. The van der Waals surface area contributed by atoms with Crippen molar-refractivity contribution in [3.8, 4) is 5.75 Å². The lowest BCUT2D eigenvalue weighted by molar-refractivity contribution is -0.145. The summed E-state index contributed by atoms with van der Waals surface area (Å²) in [6.45, 7) is 3.03. The number of esters is 1. The molecule has 3 aromatic rings. The number of amidine groups is 1. The summed E-state index contributed by atoms with van der Waals surface area (Å²) in [5.74, 6) is -1.17. The second-order valence-corrected chi connectivity index (χ2v) is 10.0. The van der Waals surface area contributed by atoms with Crippen molar-refractivity contribution in [2.75, 3.05) is 36.9 Å². The number of pyridine rings is 1. The molecular weight excluding hydrogens is 569 g/mol. The second kappa shape index (κ2) is 14.0. The van der Waals surface area contributed by atoms with E-state index in [-0.39, 0.29) is 40.0 Å². The van der Waals surface area contributed by atoms with E-state index < -0.39 is 24.4 Å². The molecule has 0 aliphatic carbocycles. The van der Waals surface area contributed by atoms with Crippen LogP contribution in [0.15, 0.2) is 54.7 Å². The largest absolute Gasteiger partial charge is 0.480 e. The van der Waals surface area contributed by atoms with Gasteiger partial charge in [0.2, 0.25) is 0 Å².